The Morgan fingerprint density at radius 3 is 2.56 bits per heavy atom. The van der Waals surface area contributed by atoms with E-state index in [2.05, 4.69) is 29.6 Å². The molecular formula is C20H22N2O2S. The maximum Gasteiger partial charge on any atom is 0.239 e. The molecule has 0 spiro atoms. The molecule has 0 unspecified atom stereocenters. The number of rotatable bonds is 6. The van der Waals surface area contributed by atoms with Crippen molar-refractivity contribution in [3.05, 3.63) is 60.2 Å². The Hall–Kier alpha value is -2.27. The number of nitrogens with one attached hydrogen (secondary N) is 1. The molecule has 1 aliphatic rings. The lowest BCUT2D eigenvalue weighted by Crippen LogP contribution is -2.37. The van der Waals surface area contributed by atoms with Crippen molar-refractivity contribution in [1.29, 1.82) is 0 Å². The van der Waals surface area contributed by atoms with Gasteiger partial charge < -0.3 is 10.2 Å². The van der Waals surface area contributed by atoms with E-state index in [1.807, 2.05) is 36.6 Å². The van der Waals surface area contributed by atoms with Gasteiger partial charge in [-0.25, -0.2) is 0 Å². The van der Waals surface area contributed by atoms with Crippen LogP contribution in [-0.4, -0.2) is 31.2 Å². The van der Waals surface area contributed by atoms with Crippen LogP contribution < -0.4 is 10.2 Å². The number of thioether (sulfide) groups is 1. The van der Waals surface area contributed by atoms with Crippen LogP contribution in [0.3, 0.4) is 0 Å². The highest BCUT2D eigenvalue weighted by Gasteiger charge is 2.37. The van der Waals surface area contributed by atoms with Gasteiger partial charge >= 0.3 is 0 Å². The third-order valence-corrected chi connectivity index (χ3v) is 5.21. The number of anilines is 1. The molecule has 2 aromatic rings. The molecule has 1 aliphatic heterocycles. The summed E-state index contributed by atoms with van der Waals surface area (Å²) in [6.07, 6.45) is 3.39. The first-order valence-corrected chi connectivity index (χ1v) is 9.68. The SMILES string of the molecule is CSc1ccc(CCNC(=O)[C@@H]2CCN(c3ccccc3)C2=O)cc1. The minimum absolute atomic E-state index is 0.104. The summed E-state index contributed by atoms with van der Waals surface area (Å²) in [7, 11) is 0. The van der Waals surface area contributed by atoms with Gasteiger partial charge in [-0.3, -0.25) is 9.59 Å². The van der Waals surface area contributed by atoms with Gasteiger partial charge in [0.15, 0.2) is 0 Å². The van der Waals surface area contributed by atoms with E-state index in [9.17, 15) is 9.59 Å². The third kappa shape index (κ3) is 4.23. The van der Waals surface area contributed by atoms with Crippen molar-refractivity contribution in [2.24, 2.45) is 5.92 Å². The first-order chi connectivity index (χ1) is 12.2. The number of amides is 2. The van der Waals surface area contributed by atoms with Gasteiger partial charge in [0.25, 0.3) is 0 Å². The van der Waals surface area contributed by atoms with Gasteiger partial charge in [0.05, 0.1) is 0 Å². The minimum atomic E-state index is -0.570. The van der Waals surface area contributed by atoms with Gasteiger partial charge in [0.1, 0.15) is 5.92 Å². The van der Waals surface area contributed by atoms with Gasteiger partial charge in [-0.1, -0.05) is 30.3 Å². The normalized spacial score (nSPS) is 16.9. The Bertz CT molecular complexity index is 731. The molecule has 0 bridgehead atoms. The molecule has 25 heavy (non-hydrogen) atoms. The van der Waals surface area contributed by atoms with Gasteiger partial charge in [-0.15, -0.1) is 11.8 Å². The average molecular weight is 354 g/mol. The summed E-state index contributed by atoms with van der Waals surface area (Å²) in [6.45, 7) is 1.14. The number of para-hydroxylation sites is 1. The Morgan fingerprint density at radius 1 is 1.16 bits per heavy atom. The van der Waals surface area contributed by atoms with Crippen LogP contribution in [0.5, 0.6) is 0 Å². The first kappa shape index (κ1) is 17.5. The Balaban J connectivity index is 1.51. The molecule has 1 N–H and O–H groups in total. The van der Waals surface area contributed by atoms with Crippen molar-refractivity contribution in [1.82, 2.24) is 5.32 Å². The second kappa shape index (κ2) is 8.21. The summed E-state index contributed by atoms with van der Waals surface area (Å²) < 4.78 is 0. The van der Waals surface area contributed by atoms with E-state index in [4.69, 9.17) is 0 Å². The fourth-order valence-corrected chi connectivity index (χ4v) is 3.44. The molecule has 3 rings (SSSR count). The summed E-state index contributed by atoms with van der Waals surface area (Å²) in [4.78, 5) is 27.8. The largest absolute Gasteiger partial charge is 0.355 e. The second-order valence-electron chi connectivity index (χ2n) is 6.06. The van der Waals surface area contributed by atoms with Crippen LogP contribution in [0.15, 0.2) is 59.5 Å². The van der Waals surface area contributed by atoms with Crippen LogP contribution in [0.4, 0.5) is 5.69 Å². The zero-order valence-corrected chi connectivity index (χ0v) is 15.1. The van der Waals surface area contributed by atoms with Crippen molar-refractivity contribution in [3.8, 4) is 0 Å². The van der Waals surface area contributed by atoms with Crippen molar-refractivity contribution >= 4 is 29.3 Å². The lowest BCUT2D eigenvalue weighted by atomic mass is 10.1. The highest BCUT2D eigenvalue weighted by atomic mass is 32.2. The summed E-state index contributed by atoms with van der Waals surface area (Å²) in [5.41, 5.74) is 2.04. The van der Waals surface area contributed by atoms with Gasteiger partial charge in [-0.2, -0.15) is 0 Å². The van der Waals surface area contributed by atoms with Crippen LogP contribution in [0.1, 0.15) is 12.0 Å². The molecule has 0 aliphatic carbocycles. The first-order valence-electron chi connectivity index (χ1n) is 8.46. The monoisotopic (exact) mass is 354 g/mol. The molecule has 0 aromatic heterocycles. The van der Waals surface area contributed by atoms with E-state index in [0.29, 0.717) is 19.5 Å². The Morgan fingerprint density at radius 2 is 1.88 bits per heavy atom. The highest BCUT2D eigenvalue weighted by Crippen LogP contribution is 2.25. The smallest absolute Gasteiger partial charge is 0.239 e. The van der Waals surface area contributed by atoms with Crippen molar-refractivity contribution in [2.45, 2.75) is 17.7 Å². The molecule has 5 heteroatoms. The molecule has 2 aromatic carbocycles. The number of hydrogen-bond donors (Lipinski definition) is 1. The lowest BCUT2D eigenvalue weighted by molar-refractivity contribution is -0.132. The van der Waals surface area contributed by atoms with Crippen molar-refractivity contribution < 1.29 is 9.59 Å². The van der Waals surface area contributed by atoms with E-state index in [0.717, 1.165) is 12.1 Å². The predicted octanol–water partition coefficient (Wildman–Crippen LogP) is 3.12. The van der Waals surface area contributed by atoms with Gasteiger partial charge in [-0.05, 0) is 48.9 Å². The third-order valence-electron chi connectivity index (χ3n) is 4.46. The van der Waals surface area contributed by atoms with Crippen LogP contribution in [0, 0.1) is 5.92 Å². The summed E-state index contributed by atoms with van der Waals surface area (Å²) in [5, 5.41) is 2.91. The van der Waals surface area contributed by atoms with E-state index < -0.39 is 5.92 Å². The molecule has 0 saturated carbocycles. The van der Waals surface area contributed by atoms with E-state index in [1.54, 1.807) is 16.7 Å². The van der Waals surface area contributed by atoms with Gasteiger partial charge in [0, 0.05) is 23.7 Å². The van der Waals surface area contributed by atoms with Crippen LogP contribution >= 0.6 is 11.8 Å². The zero-order valence-electron chi connectivity index (χ0n) is 14.3. The van der Waals surface area contributed by atoms with Crippen LogP contribution in [0.2, 0.25) is 0 Å². The Kier molecular flexibility index (Phi) is 5.76. The van der Waals surface area contributed by atoms with E-state index >= 15 is 0 Å². The van der Waals surface area contributed by atoms with Crippen molar-refractivity contribution in [3.63, 3.8) is 0 Å². The lowest BCUT2D eigenvalue weighted by Gasteiger charge is -2.16. The maximum atomic E-state index is 12.5. The van der Waals surface area contributed by atoms with Crippen LogP contribution in [0.25, 0.3) is 0 Å². The molecule has 1 fully saturated rings. The average Bonchev–Trinajstić information content (AvgIpc) is 3.04. The van der Waals surface area contributed by atoms with E-state index in [-0.39, 0.29) is 11.8 Å². The standard InChI is InChI=1S/C20H22N2O2S/c1-25-17-9-7-15(8-10-17)11-13-21-19(23)18-12-14-22(20(18)24)16-5-3-2-4-6-16/h2-10,18H,11-14H2,1H3,(H,21,23)/t18-/m0/s1. The summed E-state index contributed by atoms with van der Waals surface area (Å²) >= 11 is 1.71. The Labute approximate surface area is 152 Å². The topological polar surface area (TPSA) is 49.4 Å². The van der Waals surface area contributed by atoms with E-state index in [1.165, 1.54) is 10.5 Å². The number of carbonyl (C=O) groups is 2. The molecule has 4 nitrogen and oxygen atoms in total. The summed E-state index contributed by atoms with van der Waals surface area (Å²) in [5.74, 6) is -0.837. The van der Waals surface area contributed by atoms with Crippen molar-refractivity contribution in [2.75, 3.05) is 24.2 Å². The van der Waals surface area contributed by atoms with Gasteiger partial charge in [0.2, 0.25) is 11.8 Å². The quantitative estimate of drug-likeness (QED) is 0.640. The second-order valence-corrected chi connectivity index (χ2v) is 6.94. The maximum absolute atomic E-state index is 12.5. The highest BCUT2D eigenvalue weighted by molar-refractivity contribution is 7.98. The molecular weight excluding hydrogens is 332 g/mol. The molecule has 1 saturated heterocycles. The summed E-state index contributed by atoms with van der Waals surface area (Å²) in [6, 6.07) is 17.8. The predicted molar refractivity (Wildman–Crippen MR) is 102 cm³/mol. The molecule has 0 radical (unpaired) electrons. The fraction of sp³-hybridized carbons (Fsp3) is 0.300. The fourth-order valence-electron chi connectivity index (χ4n) is 3.03. The number of hydrogen-bond acceptors (Lipinski definition) is 3. The molecule has 1 heterocycles. The number of carbonyl (C=O) groups excluding carboxylic acids is 2. The van der Waals surface area contributed by atoms with Crippen LogP contribution in [-0.2, 0) is 16.0 Å². The zero-order chi connectivity index (χ0) is 17.6. The molecule has 2 amide bonds. The molecule has 130 valence electrons. The number of benzene rings is 2. The number of nitrogens with zero attached hydrogens (tertiary/aromatic N) is 1. The minimum Gasteiger partial charge on any atom is -0.355 e. The molecule has 1 atom stereocenters.